The molecule has 0 unspecified atom stereocenters. The van der Waals surface area contributed by atoms with Crippen molar-refractivity contribution in [3.63, 3.8) is 0 Å². The van der Waals surface area contributed by atoms with E-state index in [-0.39, 0.29) is 23.6 Å². The molecule has 0 atom stereocenters. The predicted molar refractivity (Wildman–Crippen MR) is 72.7 cm³/mol. The third-order valence-corrected chi connectivity index (χ3v) is 2.75. The van der Waals surface area contributed by atoms with E-state index in [0.717, 1.165) is 6.07 Å². The van der Waals surface area contributed by atoms with Crippen LogP contribution in [0.5, 0.6) is 5.75 Å². The van der Waals surface area contributed by atoms with Crippen LogP contribution in [0.4, 0.5) is 11.4 Å². The van der Waals surface area contributed by atoms with Gasteiger partial charge in [-0.15, -0.1) is 5.10 Å². The number of nitro benzene ring substituents is 2. The smallest absolute Gasteiger partial charge is 0.361 e. The number of phenolic OH excluding ortho intramolecular Hbond substituents is 1. The van der Waals surface area contributed by atoms with Gasteiger partial charge in [0.05, 0.1) is 28.1 Å². The summed E-state index contributed by atoms with van der Waals surface area (Å²) in [6.45, 7) is 1.58. The number of esters is 1. The molecule has 0 aliphatic heterocycles. The molecule has 1 heterocycles. The average molecular weight is 323 g/mol. The van der Waals surface area contributed by atoms with E-state index in [9.17, 15) is 30.1 Å². The number of benzene rings is 1. The van der Waals surface area contributed by atoms with Crippen molar-refractivity contribution in [1.29, 1.82) is 0 Å². The predicted octanol–water partition coefficient (Wildman–Crippen LogP) is 1.17. The van der Waals surface area contributed by atoms with Crippen LogP contribution in [-0.4, -0.2) is 42.9 Å². The van der Waals surface area contributed by atoms with E-state index in [1.54, 1.807) is 6.92 Å². The maximum atomic E-state index is 11.8. The molecule has 12 heteroatoms. The van der Waals surface area contributed by atoms with Crippen molar-refractivity contribution < 1.29 is 24.5 Å². The first-order chi connectivity index (χ1) is 10.9. The second kappa shape index (κ2) is 6.05. The molecule has 23 heavy (non-hydrogen) atoms. The van der Waals surface area contributed by atoms with Gasteiger partial charge in [-0.3, -0.25) is 20.2 Å². The molecule has 0 bridgehead atoms. The van der Waals surface area contributed by atoms with Crippen LogP contribution in [0, 0.1) is 20.2 Å². The summed E-state index contributed by atoms with van der Waals surface area (Å²) in [6.07, 6.45) is 0. The van der Waals surface area contributed by atoms with Crippen LogP contribution in [0.15, 0.2) is 12.1 Å². The quantitative estimate of drug-likeness (QED) is 0.464. The number of ether oxygens (including phenoxy) is 1. The van der Waals surface area contributed by atoms with E-state index in [1.807, 2.05) is 0 Å². The van der Waals surface area contributed by atoms with E-state index >= 15 is 0 Å². The van der Waals surface area contributed by atoms with Crippen LogP contribution < -0.4 is 0 Å². The molecule has 0 fully saturated rings. The van der Waals surface area contributed by atoms with E-state index in [2.05, 4.69) is 15.4 Å². The lowest BCUT2D eigenvalue weighted by Gasteiger charge is -2.04. The van der Waals surface area contributed by atoms with Crippen LogP contribution in [0.1, 0.15) is 17.4 Å². The molecule has 120 valence electrons. The fourth-order valence-corrected chi connectivity index (χ4v) is 1.79. The minimum atomic E-state index is -0.990. The Morgan fingerprint density at radius 2 is 2.00 bits per heavy atom. The summed E-state index contributed by atoms with van der Waals surface area (Å²) in [6, 6.07) is 1.45. The molecule has 2 aromatic rings. The Labute approximate surface area is 127 Å². The van der Waals surface area contributed by atoms with Gasteiger partial charge in [0.1, 0.15) is 5.69 Å². The Morgan fingerprint density at radius 1 is 1.30 bits per heavy atom. The summed E-state index contributed by atoms with van der Waals surface area (Å²) >= 11 is 0. The number of non-ortho nitro benzene ring substituents is 1. The van der Waals surface area contributed by atoms with E-state index in [0.29, 0.717) is 6.07 Å². The van der Waals surface area contributed by atoms with Crippen LogP contribution in [-0.2, 0) is 4.74 Å². The molecule has 2 rings (SSSR count). The Balaban J connectivity index is 2.69. The molecular formula is C11H9N5O7. The molecule has 0 aliphatic rings. The Bertz CT molecular complexity index is 800. The first-order valence-corrected chi connectivity index (χ1v) is 6.10. The Morgan fingerprint density at radius 3 is 2.57 bits per heavy atom. The van der Waals surface area contributed by atoms with Crippen LogP contribution >= 0.6 is 0 Å². The average Bonchev–Trinajstić information content (AvgIpc) is 2.96. The summed E-state index contributed by atoms with van der Waals surface area (Å²) in [5, 5.41) is 41.1. The van der Waals surface area contributed by atoms with E-state index in [1.165, 1.54) is 0 Å². The monoisotopic (exact) mass is 323 g/mol. The number of carbonyl (C=O) groups excluding carboxylic acids is 1. The highest BCUT2D eigenvalue weighted by molar-refractivity contribution is 5.95. The van der Waals surface area contributed by atoms with Gasteiger partial charge in [-0.05, 0) is 6.92 Å². The second-order valence-electron chi connectivity index (χ2n) is 4.12. The van der Waals surface area contributed by atoms with Gasteiger partial charge in [-0.25, -0.2) is 4.79 Å². The summed E-state index contributed by atoms with van der Waals surface area (Å²) in [5.41, 5.74) is -2.60. The van der Waals surface area contributed by atoms with Gasteiger partial charge in [0.25, 0.3) is 5.69 Å². The SMILES string of the molecule is CCOC(=O)c1n[nH]nc1-c1cc([N+](=O)[O-])cc([N+](=O)[O-])c1O. The number of hydrogen-bond acceptors (Lipinski definition) is 9. The molecule has 0 amide bonds. The lowest BCUT2D eigenvalue weighted by molar-refractivity contribution is -0.394. The molecule has 2 N–H and O–H groups in total. The third kappa shape index (κ3) is 2.90. The van der Waals surface area contributed by atoms with Crippen LogP contribution in [0.25, 0.3) is 11.3 Å². The van der Waals surface area contributed by atoms with Crippen LogP contribution in [0.2, 0.25) is 0 Å². The third-order valence-electron chi connectivity index (χ3n) is 2.75. The summed E-state index contributed by atoms with van der Waals surface area (Å²) in [4.78, 5) is 31.7. The number of hydrogen-bond donors (Lipinski definition) is 2. The number of nitrogens with one attached hydrogen (secondary N) is 1. The standard InChI is InChI=1S/C11H9N5O7/c1-2-23-11(18)9-8(12-14-13-9)6-3-5(15(19)20)4-7(10(6)17)16(21)22/h3-4,17H,2H2,1H3,(H,12,13,14). The lowest BCUT2D eigenvalue weighted by Crippen LogP contribution is -2.07. The van der Waals surface area contributed by atoms with Gasteiger partial charge in [0.15, 0.2) is 5.69 Å². The van der Waals surface area contributed by atoms with Crippen molar-refractivity contribution >= 4 is 17.3 Å². The number of aromatic nitrogens is 3. The lowest BCUT2D eigenvalue weighted by atomic mass is 10.1. The minimum Gasteiger partial charge on any atom is -0.502 e. The Kier molecular flexibility index (Phi) is 4.16. The van der Waals surface area contributed by atoms with Crippen molar-refractivity contribution in [1.82, 2.24) is 15.4 Å². The number of aromatic hydroxyl groups is 1. The van der Waals surface area contributed by atoms with E-state index < -0.39 is 32.9 Å². The highest BCUT2D eigenvalue weighted by Crippen LogP contribution is 2.40. The van der Waals surface area contributed by atoms with Crippen molar-refractivity contribution in [2.24, 2.45) is 0 Å². The van der Waals surface area contributed by atoms with E-state index in [4.69, 9.17) is 4.74 Å². The Hall–Kier alpha value is -3.57. The number of H-pyrrole nitrogens is 1. The zero-order chi connectivity index (χ0) is 17.1. The molecule has 0 saturated carbocycles. The molecule has 1 aromatic carbocycles. The largest absolute Gasteiger partial charge is 0.502 e. The molecule has 0 radical (unpaired) electrons. The second-order valence-corrected chi connectivity index (χ2v) is 4.12. The molecule has 0 spiro atoms. The molecule has 12 nitrogen and oxygen atoms in total. The number of carbonyl (C=O) groups is 1. The maximum Gasteiger partial charge on any atom is 0.361 e. The van der Waals surface area contributed by atoms with Gasteiger partial charge >= 0.3 is 11.7 Å². The molecular weight excluding hydrogens is 314 g/mol. The van der Waals surface area contributed by atoms with Crippen LogP contribution in [0.3, 0.4) is 0 Å². The van der Waals surface area contributed by atoms with Crippen molar-refractivity contribution in [3.8, 4) is 17.0 Å². The van der Waals surface area contributed by atoms with Crippen molar-refractivity contribution in [2.75, 3.05) is 6.61 Å². The molecule has 0 aliphatic carbocycles. The normalized spacial score (nSPS) is 10.3. The summed E-state index contributed by atoms with van der Waals surface area (Å²) < 4.78 is 4.73. The van der Waals surface area contributed by atoms with Gasteiger partial charge in [-0.2, -0.15) is 10.3 Å². The van der Waals surface area contributed by atoms with Gasteiger partial charge in [-0.1, -0.05) is 0 Å². The maximum absolute atomic E-state index is 11.8. The number of nitro groups is 2. The van der Waals surface area contributed by atoms with Gasteiger partial charge in [0, 0.05) is 6.07 Å². The summed E-state index contributed by atoms with van der Waals surface area (Å²) in [5.74, 6) is -1.77. The fraction of sp³-hybridized carbons (Fsp3) is 0.182. The first kappa shape index (κ1) is 15.8. The highest BCUT2D eigenvalue weighted by Gasteiger charge is 2.29. The first-order valence-electron chi connectivity index (χ1n) is 6.10. The minimum absolute atomic E-state index is 0.0339. The number of rotatable bonds is 5. The zero-order valence-corrected chi connectivity index (χ0v) is 11.5. The fourth-order valence-electron chi connectivity index (χ4n) is 1.79. The van der Waals surface area contributed by atoms with Gasteiger partial charge < -0.3 is 9.84 Å². The topological polar surface area (TPSA) is 174 Å². The van der Waals surface area contributed by atoms with Crippen molar-refractivity contribution in [2.45, 2.75) is 6.92 Å². The zero-order valence-electron chi connectivity index (χ0n) is 11.5. The number of aromatic amines is 1. The number of nitrogens with zero attached hydrogens (tertiary/aromatic N) is 4. The van der Waals surface area contributed by atoms with Crippen molar-refractivity contribution in [3.05, 3.63) is 38.1 Å². The molecule has 1 aromatic heterocycles. The highest BCUT2D eigenvalue weighted by atomic mass is 16.6. The number of phenols is 1. The molecule has 0 saturated heterocycles. The summed E-state index contributed by atoms with van der Waals surface area (Å²) in [7, 11) is 0. The van der Waals surface area contributed by atoms with Gasteiger partial charge in [0.2, 0.25) is 5.75 Å².